The van der Waals surface area contributed by atoms with E-state index in [0.29, 0.717) is 24.3 Å². The molecule has 2 rings (SSSR count). The number of hydrogen-bond acceptors (Lipinski definition) is 4. The predicted octanol–water partition coefficient (Wildman–Crippen LogP) is 0.467. The molecule has 1 aromatic rings. The third-order valence-corrected chi connectivity index (χ3v) is 5.00. The fourth-order valence-electron chi connectivity index (χ4n) is 2.07. The van der Waals surface area contributed by atoms with Gasteiger partial charge in [0.1, 0.15) is 0 Å². The van der Waals surface area contributed by atoms with Crippen molar-refractivity contribution < 1.29 is 18.0 Å². The van der Waals surface area contributed by atoms with E-state index in [1.54, 1.807) is 24.3 Å². The Kier molecular flexibility index (Phi) is 4.81. The lowest BCUT2D eigenvalue weighted by Crippen LogP contribution is -2.35. The van der Waals surface area contributed by atoms with Crippen molar-refractivity contribution in [2.75, 3.05) is 28.5 Å². The molecule has 1 heterocycles. The van der Waals surface area contributed by atoms with E-state index in [4.69, 9.17) is 0 Å². The summed E-state index contributed by atoms with van der Waals surface area (Å²) >= 11 is 0. The lowest BCUT2D eigenvalue weighted by Gasteiger charge is -2.17. The average molecular weight is 323 g/mol. The van der Waals surface area contributed by atoms with Crippen LogP contribution in [0.4, 0.5) is 11.4 Å². The first kappa shape index (κ1) is 16.0. The number of carbonyl (C=O) groups excluding carboxylic acids is 2. The van der Waals surface area contributed by atoms with E-state index >= 15 is 0 Å². The molecule has 1 aliphatic heterocycles. The summed E-state index contributed by atoms with van der Waals surface area (Å²) in [6, 6.07) is 6.31. The highest BCUT2D eigenvalue weighted by Crippen LogP contribution is 2.25. The van der Waals surface area contributed by atoms with Gasteiger partial charge in [0.25, 0.3) is 0 Å². The second-order valence-electron chi connectivity index (χ2n) is 4.74. The van der Waals surface area contributed by atoms with Gasteiger partial charge in [0, 0.05) is 18.8 Å². The van der Waals surface area contributed by atoms with Crippen molar-refractivity contribution in [1.29, 1.82) is 0 Å². The lowest BCUT2D eigenvalue weighted by atomic mass is 10.2. The van der Waals surface area contributed by atoms with Crippen molar-refractivity contribution in [2.45, 2.75) is 6.42 Å². The molecule has 0 aliphatic carbocycles. The molecule has 0 atom stereocenters. The second kappa shape index (κ2) is 6.61. The van der Waals surface area contributed by atoms with E-state index in [2.05, 4.69) is 17.2 Å². The molecule has 1 aliphatic rings. The van der Waals surface area contributed by atoms with Gasteiger partial charge >= 0.3 is 11.8 Å². The first-order valence-electron chi connectivity index (χ1n) is 6.74. The second-order valence-corrected chi connectivity index (χ2v) is 6.75. The number of anilines is 2. The summed E-state index contributed by atoms with van der Waals surface area (Å²) in [6.45, 7) is 4.10. The van der Waals surface area contributed by atoms with Gasteiger partial charge < -0.3 is 10.6 Å². The summed E-state index contributed by atoms with van der Waals surface area (Å²) in [5, 5.41) is 4.80. The first-order valence-corrected chi connectivity index (χ1v) is 8.35. The molecular formula is C14H17N3O4S. The van der Waals surface area contributed by atoms with Crippen LogP contribution in [0.25, 0.3) is 0 Å². The van der Waals surface area contributed by atoms with Gasteiger partial charge in [-0.15, -0.1) is 6.58 Å². The van der Waals surface area contributed by atoms with E-state index in [1.807, 2.05) is 0 Å². The highest BCUT2D eigenvalue weighted by atomic mass is 32.2. The zero-order valence-electron chi connectivity index (χ0n) is 11.9. The van der Waals surface area contributed by atoms with Crippen LogP contribution in [0.1, 0.15) is 6.42 Å². The molecular weight excluding hydrogens is 306 g/mol. The number of rotatable bonds is 4. The van der Waals surface area contributed by atoms with Crippen LogP contribution in [0.2, 0.25) is 0 Å². The smallest absolute Gasteiger partial charge is 0.313 e. The quantitative estimate of drug-likeness (QED) is 0.622. The van der Waals surface area contributed by atoms with Crippen molar-refractivity contribution >= 4 is 33.2 Å². The van der Waals surface area contributed by atoms with Crippen LogP contribution in [0.15, 0.2) is 36.9 Å². The number of benzene rings is 1. The number of nitrogens with zero attached hydrogens (tertiary/aromatic N) is 1. The molecule has 22 heavy (non-hydrogen) atoms. The average Bonchev–Trinajstić information content (AvgIpc) is 2.85. The molecule has 1 fully saturated rings. The van der Waals surface area contributed by atoms with Gasteiger partial charge in [-0.1, -0.05) is 6.08 Å². The van der Waals surface area contributed by atoms with Crippen molar-refractivity contribution in [2.24, 2.45) is 0 Å². The summed E-state index contributed by atoms with van der Waals surface area (Å²) in [7, 11) is -3.23. The maximum atomic E-state index is 11.8. The number of sulfonamides is 1. The highest BCUT2D eigenvalue weighted by molar-refractivity contribution is 7.93. The fraction of sp³-hybridized carbons (Fsp3) is 0.286. The molecule has 118 valence electrons. The Labute approximate surface area is 129 Å². The monoisotopic (exact) mass is 323 g/mol. The van der Waals surface area contributed by atoms with Crippen LogP contribution in [0.3, 0.4) is 0 Å². The van der Waals surface area contributed by atoms with Crippen LogP contribution in [0.5, 0.6) is 0 Å². The van der Waals surface area contributed by atoms with Gasteiger partial charge in [-0.3, -0.25) is 13.9 Å². The number of nitrogens with one attached hydrogen (secondary N) is 2. The molecule has 7 nitrogen and oxygen atoms in total. The third kappa shape index (κ3) is 3.64. The fourth-order valence-corrected chi connectivity index (χ4v) is 3.64. The Balaban J connectivity index is 2.02. The molecule has 0 unspecified atom stereocenters. The molecule has 1 saturated heterocycles. The van der Waals surface area contributed by atoms with Gasteiger partial charge in [0.05, 0.1) is 11.4 Å². The highest BCUT2D eigenvalue weighted by Gasteiger charge is 2.28. The van der Waals surface area contributed by atoms with Crippen molar-refractivity contribution in [3.63, 3.8) is 0 Å². The van der Waals surface area contributed by atoms with Crippen molar-refractivity contribution in [3.05, 3.63) is 36.9 Å². The Morgan fingerprint density at radius 3 is 2.45 bits per heavy atom. The topological polar surface area (TPSA) is 95.6 Å². The van der Waals surface area contributed by atoms with Crippen LogP contribution < -0.4 is 14.9 Å². The van der Waals surface area contributed by atoms with Crippen LogP contribution >= 0.6 is 0 Å². The molecule has 8 heteroatoms. The zero-order chi connectivity index (χ0) is 16.2. The summed E-state index contributed by atoms with van der Waals surface area (Å²) in [5.74, 6) is -1.40. The van der Waals surface area contributed by atoms with Crippen molar-refractivity contribution in [1.82, 2.24) is 5.32 Å². The lowest BCUT2D eigenvalue weighted by molar-refractivity contribution is -0.136. The van der Waals surface area contributed by atoms with Gasteiger partial charge in [-0.25, -0.2) is 8.42 Å². The first-order chi connectivity index (χ1) is 10.4. The molecule has 2 amide bonds. The maximum Gasteiger partial charge on any atom is 0.313 e. The largest absolute Gasteiger partial charge is 0.344 e. The van der Waals surface area contributed by atoms with Crippen LogP contribution in [-0.2, 0) is 19.6 Å². The van der Waals surface area contributed by atoms with E-state index in [9.17, 15) is 18.0 Å². The maximum absolute atomic E-state index is 11.8. The zero-order valence-corrected chi connectivity index (χ0v) is 12.7. The summed E-state index contributed by atoms with van der Waals surface area (Å²) < 4.78 is 25.0. The number of amides is 2. The molecule has 0 saturated carbocycles. The summed E-state index contributed by atoms with van der Waals surface area (Å²) in [6.07, 6.45) is 2.07. The summed E-state index contributed by atoms with van der Waals surface area (Å²) in [4.78, 5) is 23.0. The minimum atomic E-state index is -3.23. The van der Waals surface area contributed by atoms with Crippen LogP contribution in [0, 0.1) is 0 Å². The van der Waals surface area contributed by atoms with Crippen LogP contribution in [-0.4, -0.2) is 39.1 Å². The van der Waals surface area contributed by atoms with E-state index in [1.165, 1.54) is 10.4 Å². The number of hydrogen-bond donors (Lipinski definition) is 2. The minimum absolute atomic E-state index is 0.148. The van der Waals surface area contributed by atoms with E-state index in [0.717, 1.165) is 0 Å². The standard InChI is InChI=1S/C14H17N3O4S/c1-2-8-15-13(18)14(19)16-11-4-6-12(7-5-11)17-9-3-10-22(17,20)21/h2,4-7H,1,3,8-10H2,(H,15,18)(H,16,19). The molecule has 2 N–H and O–H groups in total. The SMILES string of the molecule is C=CCNC(=O)C(=O)Nc1ccc(N2CCCS2(=O)=O)cc1. The Bertz CT molecular complexity index is 683. The number of carbonyl (C=O) groups is 2. The summed E-state index contributed by atoms with van der Waals surface area (Å²) in [5.41, 5.74) is 0.964. The Hall–Kier alpha value is -2.35. The normalized spacial score (nSPS) is 16.1. The van der Waals surface area contributed by atoms with E-state index in [-0.39, 0.29) is 12.3 Å². The molecule has 0 bridgehead atoms. The molecule has 1 aromatic carbocycles. The Morgan fingerprint density at radius 2 is 1.91 bits per heavy atom. The van der Waals surface area contributed by atoms with E-state index < -0.39 is 21.8 Å². The van der Waals surface area contributed by atoms with Gasteiger partial charge in [-0.05, 0) is 30.7 Å². The van der Waals surface area contributed by atoms with Crippen molar-refractivity contribution in [3.8, 4) is 0 Å². The Morgan fingerprint density at radius 1 is 1.23 bits per heavy atom. The van der Waals surface area contributed by atoms with Gasteiger partial charge in [0.15, 0.2) is 0 Å². The molecule has 0 radical (unpaired) electrons. The van der Waals surface area contributed by atoms with Gasteiger partial charge in [0.2, 0.25) is 10.0 Å². The molecule has 0 spiro atoms. The third-order valence-electron chi connectivity index (χ3n) is 3.13. The minimum Gasteiger partial charge on any atom is -0.344 e. The molecule has 0 aromatic heterocycles. The van der Waals surface area contributed by atoms with Gasteiger partial charge in [-0.2, -0.15) is 0 Å². The predicted molar refractivity (Wildman–Crippen MR) is 84.0 cm³/mol.